The summed E-state index contributed by atoms with van der Waals surface area (Å²) in [6.45, 7) is 5.99. The van der Waals surface area contributed by atoms with Gasteiger partial charge in [-0.15, -0.1) is 0 Å². The number of nitrogens with zero attached hydrogens (tertiary/aromatic N) is 4. The number of aromatic nitrogens is 3. The van der Waals surface area contributed by atoms with E-state index in [0.717, 1.165) is 24.2 Å². The third-order valence-electron chi connectivity index (χ3n) is 6.70. The Balaban J connectivity index is 1.69. The van der Waals surface area contributed by atoms with E-state index in [1.807, 2.05) is 6.07 Å². The smallest absolute Gasteiger partial charge is 0.350 e. The molecule has 0 aliphatic carbocycles. The molecule has 5 rings (SSSR count). The Labute approximate surface area is 234 Å². The van der Waals surface area contributed by atoms with Crippen molar-refractivity contribution in [1.82, 2.24) is 14.4 Å². The molecular weight excluding hydrogens is 532 g/mol. The van der Waals surface area contributed by atoms with Gasteiger partial charge in [0.05, 0.1) is 36.7 Å². The van der Waals surface area contributed by atoms with E-state index in [9.17, 15) is 19.5 Å². The summed E-state index contributed by atoms with van der Waals surface area (Å²) in [6.07, 6.45) is 3.63. The fourth-order valence-electron chi connectivity index (χ4n) is 4.72. The molecule has 0 radical (unpaired) electrons. The van der Waals surface area contributed by atoms with Crippen molar-refractivity contribution in [2.75, 3.05) is 18.6 Å². The number of Topliss-reactive ketones (excluding diaryl/α,β-unsaturated/α-hetero) is 1. The number of unbranched alkanes of at least 4 members (excludes halogenated alkanes) is 1. The van der Waals surface area contributed by atoms with E-state index in [1.165, 1.54) is 12.0 Å². The first kappa shape index (κ1) is 27.1. The number of aryl methyl sites for hydroxylation is 2. The van der Waals surface area contributed by atoms with Crippen LogP contribution in [0.2, 0.25) is 0 Å². The number of aliphatic hydroxyl groups is 1. The molecule has 10 nitrogen and oxygen atoms in total. The van der Waals surface area contributed by atoms with Gasteiger partial charge in [-0.1, -0.05) is 42.9 Å². The molecule has 0 bridgehead atoms. The number of benzene rings is 1. The quantitative estimate of drug-likeness (QED) is 0.105. The number of esters is 1. The van der Waals surface area contributed by atoms with Crippen molar-refractivity contribution < 1.29 is 29.0 Å². The summed E-state index contributed by atoms with van der Waals surface area (Å²) in [6, 6.07) is 11.4. The number of anilines is 1. The third-order valence-corrected chi connectivity index (χ3v) is 7.83. The van der Waals surface area contributed by atoms with Crippen LogP contribution < -0.4 is 9.64 Å². The number of carbonyl (C=O) groups excluding carboxylic acids is 3. The Morgan fingerprint density at radius 1 is 1.07 bits per heavy atom. The van der Waals surface area contributed by atoms with Crippen molar-refractivity contribution in [1.29, 1.82) is 0 Å². The van der Waals surface area contributed by atoms with E-state index < -0.39 is 23.7 Å². The molecule has 1 aliphatic heterocycles. The van der Waals surface area contributed by atoms with Crippen LogP contribution in [0.4, 0.5) is 5.13 Å². The molecule has 11 heteroatoms. The van der Waals surface area contributed by atoms with Crippen LogP contribution in [0.5, 0.6) is 5.75 Å². The van der Waals surface area contributed by atoms with E-state index in [4.69, 9.17) is 9.47 Å². The average molecular weight is 561 g/mol. The Morgan fingerprint density at radius 3 is 2.52 bits per heavy atom. The SMILES string of the molecule is CCCCOc1ccc(C2/C(=C(\O)c3c(C)nc4ccccn34)C(=O)C(=O)N2c2nc(C)c(C(=O)OC)s2)cc1. The molecule has 40 heavy (non-hydrogen) atoms. The van der Waals surface area contributed by atoms with Gasteiger partial charge in [0, 0.05) is 6.20 Å². The molecule has 1 fully saturated rings. The fraction of sp³-hybridized carbons (Fsp3) is 0.276. The number of methoxy groups -OCH3 is 1. The highest BCUT2D eigenvalue weighted by Crippen LogP contribution is 2.44. The summed E-state index contributed by atoms with van der Waals surface area (Å²) in [4.78, 5) is 49.8. The molecule has 0 saturated carbocycles. The number of rotatable bonds is 8. The molecule has 1 aromatic carbocycles. The zero-order chi connectivity index (χ0) is 28.6. The van der Waals surface area contributed by atoms with Crippen molar-refractivity contribution in [2.24, 2.45) is 0 Å². The number of thiazole rings is 1. The highest BCUT2D eigenvalue weighted by molar-refractivity contribution is 7.17. The van der Waals surface area contributed by atoms with E-state index in [2.05, 4.69) is 16.9 Å². The van der Waals surface area contributed by atoms with Gasteiger partial charge < -0.3 is 14.6 Å². The molecule has 206 valence electrons. The Bertz CT molecular complexity index is 1650. The average Bonchev–Trinajstić information content (AvgIpc) is 3.58. The first-order chi connectivity index (χ1) is 19.3. The highest BCUT2D eigenvalue weighted by atomic mass is 32.1. The zero-order valence-corrected chi connectivity index (χ0v) is 23.3. The molecular formula is C29H28N4O6S. The molecule has 4 heterocycles. The fourth-order valence-corrected chi connectivity index (χ4v) is 5.73. The summed E-state index contributed by atoms with van der Waals surface area (Å²) >= 11 is 0.948. The van der Waals surface area contributed by atoms with Gasteiger partial charge in [-0.2, -0.15) is 0 Å². The lowest BCUT2D eigenvalue weighted by Gasteiger charge is -2.23. The molecule has 0 spiro atoms. The molecule has 1 N–H and O–H groups in total. The summed E-state index contributed by atoms with van der Waals surface area (Å²) in [5.74, 6) is -2.05. The van der Waals surface area contributed by atoms with E-state index >= 15 is 0 Å². The number of ether oxygens (including phenoxy) is 2. The zero-order valence-electron chi connectivity index (χ0n) is 22.5. The van der Waals surface area contributed by atoms with Gasteiger partial charge in [0.1, 0.15) is 22.0 Å². The van der Waals surface area contributed by atoms with Crippen LogP contribution in [0.15, 0.2) is 54.2 Å². The maximum absolute atomic E-state index is 13.6. The number of hydrogen-bond acceptors (Lipinski definition) is 9. The minimum absolute atomic E-state index is 0.106. The molecule has 1 amide bonds. The maximum atomic E-state index is 13.6. The predicted octanol–water partition coefficient (Wildman–Crippen LogP) is 5.00. The van der Waals surface area contributed by atoms with E-state index in [-0.39, 0.29) is 21.3 Å². The first-order valence-electron chi connectivity index (χ1n) is 12.8. The van der Waals surface area contributed by atoms with Crippen molar-refractivity contribution >= 4 is 45.5 Å². The molecule has 1 unspecified atom stereocenters. The minimum atomic E-state index is -1.02. The van der Waals surface area contributed by atoms with Crippen LogP contribution in [0.3, 0.4) is 0 Å². The molecule has 4 aromatic rings. The van der Waals surface area contributed by atoms with E-state index in [0.29, 0.717) is 40.6 Å². The number of carbonyl (C=O) groups is 3. The Morgan fingerprint density at radius 2 is 1.82 bits per heavy atom. The second-order valence-corrected chi connectivity index (χ2v) is 10.3. The lowest BCUT2D eigenvalue weighted by Crippen LogP contribution is -2.29. The molecule has 3 aromatic heterocycles. The van der Waals surface area contributed by atoms with Gasteiger partial charge in [0.2, 0.25) is 0 Å². The van der Waals surface area contributed by atoms with Gasteiger partial charge in [-0.3, -0.25) is 18.9 Å². The predicted molar refractivity (Wildman–Crippen MR) is 150 cm³/mol. The maximum Gasteiger partial charge on any atom is 0.350 e. The summed E-state index contributed by atoms with van der Waals surface area (Å²) in [5.41, 5.74) is 2.20. The molecule has 1 aliphatic rings. The number of aliphatic hydroxyl groups excluding tert-OH is 1. The minimum Gasteiger partial charge on any atom is -0.505 e. The van der Waals surface area contributed by atoms with Crippen LogP contribution in [-0.4, -0.2) is 50.9 Å². The number of imidazole rings is 1. The third kappa shape index (κ3) is 4.62. The number of pyridine rings is 1. The largest absolute Gasteiger partial charge is 0.505 e. The second-order valence-electron chi connectivity index (χ2n) is 9.32. The lowest BCUT2D eigenvalue weighted by atomic mass is 9.96. The van der Waals surface area contributed by atoms with Crippen LogP contribution >= 0.6 is 11.3 Å². The monoisotopic (exact) mass is 560 g/mol. The highest BCUT2D eigenvalue weighted by Gasteiger charge is 2.49. The van der Waals surface area contributed by atoms with Crippen LogP contribution in [0, 0.1) is 13.8 Å². The lowest BCUT2D eigenvalue weighted by molar-refractivity contribution is -0.132. The molecule has 1 saturated heterocycles. The Hall–Kier alpha value is -4.51. The summed E-state index contributed by atoms with van der Waals surface area (Å²) in [7, 11) is 1.26. The number of fused-ring (bicyclic) bond motifs is 1. The van der Waals surface area contributed by atoms with Crippen LogP contribution in [0.25, 0.3) is 11.4 Å². The molecule has 1 atom stereocenters. The van der Waals surface area contributed by atoms with E-state index in [1.54, 1.807) is 60.8 Å². The van der Waals surface area contributed by atoms with Crippen LogP contribution in [0.1, 0.15) is 58.1 Å². The number of ketones is 1. The normalized spacial score (nSPS) is 16.6. The number of amides is 1. The van der Waals surface area contributed by atoms with Gasteiger partial charge in [0.15, 0.2) is 10.9 Å². The van der Waals surface area contributed by atoms with Crippen molar-refractivity contribution in [3.63, 3.8) is 0 Å². The van der Waals surface area contributed by atoms with Gasteiger partial charge in [-0.05, 0) is 50.1 Å². The summed E-state index contributed by atoms with van der Waals surface area (Å²) < 4.78 is 12.3. The van der Waals surface area contributed by atoms with Crippen molar-refractivity contribution in [3.05, 3.63) is 81.8 Å². The van der Waals surface area contributed by atoms with Crippen molar-refractivity contribution in [3.8, 4) is 5.75 Å². The topological polar surface area (TPSA) is 123 Å². The van der Waals surface area contributed by atoms with Crippen molar-refractivity contribution in [2.45, 2.75) is 39.7 Å². The van der Waals surface area contributed by atoms with Gasteiger partial charge in [-0.25, -0.2) is 14.8 Å². The Kier molecular flexibility index (Phi) is 7.40. The van der Waals surface area contributed by atoms with Gasteiger partial charge >= 0.3 is 11.9 Å². The standard InChI is InChI=1S/C29H28N4O6S/c1-5-6-15-39-19-12-10-18(11-13-19)23-21(24(34)22-16(2)30-20-9-7-8-14-32(20)22)25(35)27(36)33(23)29-31-17(3)26(40-29)28(37)38-4/h7-14,23,34H,5-6,15H2,1-4H3/b24-21+. The van der Waals surface area contributed by atoms with Crippen LogP contribution in [-0.2, 0) is 14.3 Å². The van der Waals surface area contributed by atoms with Gasteiger partial charge in [0.25, 0.3) is 5.78 Å². The first-order valence-corrected chi connectivity index (χ1v) is 13.6. The number of hydrogen-bond donors (Lipinski definition) is 1. The second kappa shape index (κ2) is 10.9. The summed E-state index contributed by atoms with van der Waals surface area (Å²) in [5, 5.41) is 11.8.